The lowest BCUT2D eigenvalue weighted by Crippen LogP contribution is -2.14. The first-order chi connectivity index (χ1) is 6.70. The molecule has 1 heterocycles. The molecule has 0 bridgehead atoms. The Balaban J connectivity index is 2.94. The molecule has 0 aliphatic carbocycles. The first-order valence-electron chi connectivity index (χ1n) is 4.85. The summed E-state index contributed by atoms with van der Waals surface area (Å²) in [7, 11) is 0. The Hall–Kier alpha value is -0.890. The molecule has 0 aliphatic heterocycles. The summed E-state index contributed by atoms with van der Waals surface area (Å²) in [5.74, 6) is 0.100. The molecule has 0 aliphatic rings. The standard InChI is InChI=1S/C11H14ClNO/c1-3-8(4-2)11(14)10-9(12)6-5-7-13-10/h5-8H,3-4H2,1-2H3. The average Bonchev–Trinajstić information content (AvgIpc) is 2.20. The third kappa shape index (κ3) is 2.32. The third-order valence-corrected chi connectivity index (χ3v) is 2.65. The fraction of sp³-hybridized carbons (Fsp3) is 0.455. The van der Waals surface area contributed by atoms with E-state index >= 15 is 0 Å². The van der Waals surface area contributed by atoms with Crippen LogP contribution in [0.4, 0.5) is 0 Å². The minimum absolute atomic E-state index is 0.0439. The van der Waals surface area contributed by atoms with Crippen molar-refractivity contribution in [3.63, 3.8) is 0 Å². The second kappa shape index (κ2) is 5.11. The molecule has 0 saturated carbocycles. The van der Waals surface area contributed by atoms with Crippen molar-refractivity contribution in [3.05, 3.63) is 29.0 Å². The van der Waals surface area contributed by atoms with Gasteiger partial charge in [-0.25, -0.2) is 0 Å². The van der Waals surface area contributed by atoms with Gasteiger partial charge in [0.15, 0.2) is 5.78 Å². The molecule has 0 amide bonds. The number of halogens is 1. The summed E-state index contributed by atoms with van der Waals surface area (Å²) in [6.45, 7) is 4.01. The van der Waals surface area contributed by atoms with Crippen LogP contribution in [0, 0.1) is 5.92 Å². The van der Waals surface area contributed by atoms with Crippen LogP contribution in [0.15, 0.2) is 18.3 Å². The summed E-state index contributed by atoms with van der Waals surface area (Å²) in [4.78, 5) is 15.9. The zero-order valence-electron chi connectivity index (χ0n) is 8.46. The van der Waals surface area contributed by atoms with Gasteiger partial charge in [0.1, 0.15) is 5.69 Å². The molecule has 1 aromatic rings. The lowest BCUT2D eigenvalue weighted by Gasteiger charge is -2.10. The fourth-order valence-electron chi connectivity index (χ4n) is 1.42. The molecule has 0 saturated heterocycles. The number of hydrogen-bond acceptors (Lipinski definition) is 2. The van der Waals surface area contributed by atoms with Crippen LogP contribution < -0.4 is 0 Å². The summed E-state index contributed by atoms with van der Waals surface area (Å²) >= 11 is 5.89. The largest absolute Gasteiger partial charge is 0.292 e. The van der Waals surface area contributed by atoms with E-state index in [1.165, 1.54) is 0 Å². The molecule has 0 unspecified atom stereocenters. The number of nitrogens with zero attached hydrogens (tertiary/aromatic N) is 1. The van der Waals surface area contributed by atoms with E-state index in [9.17, 15) is 4.79 Å². The lowest BCUT2D eigenvalue weighted by molar-refractivity contribution is 0.0908. The maximum absolute atomic E-state index is 11.9. The Morgan fingerprint density at radius 2 is 2.14 bits per heavy atom. The van der Waals surface area contributed by atoms with E-state index in [4.69, 9.17) is 11.6 Å². The Bertz CT molecular complexity index is 321. The van der Waals surface area contributed by atoms with Crippen molar-refractivity contribution in [2.45, 2.75) is 26.7 Å². The number of carbonyl (C=O) groups excluding carboxylic acids is 1. The van der Waals surface area contributed by atoms with Crippen LogP contribution in [0.1, 0.15) is 37.2 Å². The zero-order chi connectivity index (χ0) is 10.6. The summed E-state index contributed by atoms with van der Waals surface area (Å²) in [6.07, 6.45) is 3.27. The van der Waals surface area contributed by atoms with Gasteiger partial charge in [-0.2, -0.15) is 0 Å². The maximum atomic E-state index is 11.9. The van der Waals surface area contributed by atoms with Gasteiger partial charge < -0.3 is 0 Å². The van der Waals surface area contributed by atoms with Crippen molar-refractivity contribution in [1.29, 1.82) is 0 Å². The number of carbonyl (C=O) groups is 1. The number of pyridine rings is 1. The van der Waals surface area contributed by atoms with Crippen LogP contribution in [0.5, 0.6) is 0 Å². The molecular formula is C11H14ClNO. The normalized spacial score (nSPS) is 10.6. The molecule has 0 radical (unpaired) electrons. The zero-order valence-corrected chi connectivity index (χ0v) is 9.21. The van der Waals surface area contributed by atoms with Gasteiger partial charge >= 0.3 is 0 Å². The van der Waals surface area contributed by atoms with Crippen LogP contribution in [0.2, 0.25) is 5.02 Å². The van der Waals surface area contributed by atoms with Crippen LogP contribution >= 0.6 is 11.6 Å². The van der Waals surface area contributed by atoms with E-state index in [2.05, 4.69) is 4.98 Å². The molecule has 0 atom stereocenters. The topological polar surface area (TPSA) is 30.0 Å². The van der Waals surface area contributed by atoms with E-state index in [1.54, 1.807) is 18.3 Å². The van der Waals surface area contributed by atoms with E-state index in [1.807, 2.05) is 13.8 Å². The summed E-state index contributed by atoms with van der Waals surface area (Å²) in [5, 5.41) is 0.449. The maximum Gasteiger partial charge on any atom is 0.185 e. The summed E-state index contributed by atoms with van der Waals surface area (Å²) < 4.78 is 0. The second-order valence-electron chi connectivity index (χ2n) is 3.21. The molecule has 14 heavy (non-hydrogen) atoms. The third-order valence-electron chi connectivity index (χ3n) is 2.35. The molecule has 0 aromatic carbocycles. The average molecular weight is 212 g/mol. The summed E-state index contributed by atoms with van der Waals surface area (Å²) in [6, 6.07) is 3.43. The van der Waals surface area contributed by atoms with Crippen molar-refractivity contribution >= 4 is 17.4 Å². The van der Waals surface area contributed by atoms with Gasteiger partial charge in [-0.3, -0.25) is 9.78 Å². The van der Waals surface area contributed by atoms with Gasteiger partial charge in [0.2, 0.25) is 0 Å². The minimum Gasteiger partial charge on any atom is -0.292 e. The number of ketones is 1. The molecule has 76 valence electrons. The number of rotatable bonds is 4. The minimum atomic E-state index is 0.0439. The highest BCUT2D eigenvalue weighted by molar-refractivity contribution is 6.33. The van der Waals surface area contributed by atoms with Crippen molar-refractivity contribution < 1.29 is 4.79 Å². The highest BCUT2D eigenvalue weighted by Gasteiger charge is 2.19. The van der Waals surface area contributed by atoms with Crippen LogP contribution in [-0.2, 0) is 0 Å². The molecule has 0 spiro atoms. The SMILES string of the molecule is CCC(CC)C(=O)c1ncccc1Cl. The van der Waals surface area contributed by atoms with Gasteiger partial charge in [-0.15, -0.1) is 0 Å². The molecule has 1 aromatic heterocycles. The molecule has 0 N–H and O–H groups in total. The number of Topliss-reactive ketones (excluding diaryl/α,β-unsaturated/α-hetero) is 1. The van der Waals surface area contributed by atoms with Gasteiger partial charge in [-0.05, 0) is 25.0 Å². The van der Waals surface area contributed by atoms with Gasteiger partial charge in [0.05, 0.1) is 5.02 Å². The molecule has 0 fully saturated rings. The monoisotopic (exact) mass is 211 g/mol. The smallest absolute Gasteiger partial charge is 0.185 e. The van der Waals surface area contributed by atoms with Crippen molar-refractivity contribution in [3.8, 4) is 0 Å². The second-order valence-corrected chi connectivity index (χ2v) is 3.62. The van der Waals surface area contributed by atoms with Crippen molar-refractivity contribution in [1.82, 2.24) is 4.98 Å². The molecule has 3 heteroatoms. The first-order valence-corrected chi connectivity index (χ1v) is 5.23. The molecule has 1 rings (SSSR count). The van der Waals surface area contributed by atoms with Crippen LogP contribution in [0.25, 0.3) is 0 Å². The Kier molecular flexibility index (Phi) is 4.08. The predicted octanol–water partition coefficient (Wildman–Crippen LogP) is 3.35. The Morgan fingerprint density at radius 1 is 1.50 bits per heavy atom. The highest BCUT2D eigenvalue weighted by Crippen LogP contribution is 2.19. The van der Waals surface area contributed by atoms with Crippen LogP contribution in [-0.4, -0.2) is 10.8 Å². The van der Waals surface area contributed by atoms with E-state index in [-0.39, 0.29) is 11.7 Å². The van der Waals surface area contributed by atoms with E-state index in [0.29, 0.717) is 10.7 Å². The Morgan fingerprint density at radius 3 is 2.64 bits per heavy atom. The van der Waals surface area contributed by atoms with E-state index in [0.717, 1.165) is 12.8 Å². The van der Waals surface area contributed by atoms with Gasteiger partial charge in [0, 0.05) is 12.1 Å². The summed E-state index contributed by atoms with van der Waals surface area (Å²) in [5.41, 5.74) is 0.405. The predicted molar refractivity (Wildman–Crippen MR) is 57.6 cm³/mol. The highest BCUT2D eigenvalue weighted by atomic mass is 35.5. The quantitative estimate of drug-likeness (QED) is 0.715. The lowest BCUT2D eigenvalue weighted by atomic mass is 9.96. The number of hydrogen-bond donors (Lipinski definition) is 0. The van der Waals surface area contributed by atoms with Crippen molar-refractivity contribution in [2.24, 2.45) is 5.92 Å². The molecular weight excluding hydrogens is 198 g/mol. The van der Waals surface area contributed by atoms with Crippen molar-refractivity contribution in [2.75, 3.05) is 0 Å². The number of aromatic nitrogens is 1. The van der Waals surface area contributed by atoms with Gasteiger partial charge in [0.25, 0.3) is 0 Å². The fourth-order valence-corrected chi connectivity index (χ4v) is 1.63. The van der Waals surface area contributed by atoms with Crippen LogP contribution in [0.3, 0.4) is 0 Å². The van der Waals surface area contributed by atoms with E-state index < -0.39 is 0 Å². The molecule has 2 nitrogen and oxygen atoms in total. The Labute approximate surface area is 89.3 Å². The first kappa shape index (κ1) is 11.2. The van der Waals surface area contributed by atoms with Gasteiger partial charge in [-0.1, -0.05) is 25.4 Å².